The number of sulfonamides is 1. The second-order valence-corrected chi connectivity index (χ2v) is 9.49. The van der Waals surface area contributed by atoms with Crippen LogP contribution in [0.2, 0.25) is 0 Å². The number of fused-ring (bicyclic) bond motifs is 1. The molecule has 2 aliphatic rings. The van der Waals surface area contributed by atoms with Gasteiger partial charge in [-0.15, -0.1) is 0 Å². The van der Waals surface area contributed by atoms with Crippen molar-refractivity contribution in [2.45, 2.75) is 12.8 Å². The van der Waals surface area contributed by atoms with Crippen LogP contribution in [0.1, 0.15) is 17.5 Å². The van der Waals surface area contributed by atoms with Gasteiger partial charge in [0.25, 0.3) is 0 Å². The average Bonchev–Trinajstić information content (AvgIpc) is 3.21. The molecular formula is C23H27N3O3S. The molecule has 2 aromatic rings. The van der Waals surface area contributed by atoms with Crippen molar-refractivity contribution in [1.82, 2.24) is 9.21 Å². The molecule has 6 nitrogen and oxygen atoms in total. The Balaban J connectivity index is 1.26. The lowest BCUT2D eigenvalue weighted by Gasteiger charge is -2.33. The molecule has 0 N–H and O–H groups in total. The van der Waals surface area contributed by atoms with Crippen molar-refractivity contribution in [2.24, 2.45) is 0 Å². The van der Waals surface area contributed by atoms with Crippen molar-refractivity contribution in [3.63, 3.8) is 0 Å². The highest BCUT2D eigenvalue weighted by atomic mass is 32.2. The predicted octanol–water partition coefficient (Wildman–Crippen LogP) is 2.58. The Morgan fingerprint density at radius 1 is 0.900 bits per heavy atom. The Morgan fingerprint density at radius 2 is 1.60 bits per heavy atom. The number of rotatable bonds is 6. The number of nitrogens with zero attached hydrogens (tertiary/aromatic N) is 3. The van der Waals surface area contributed by atoms with Crippen molar-refractivity contribution in [3.8, 4) is 0 Å². The van der Waals surface area contributed by atoms with E-state index in [2.05, 4.69) is 11.0 Å². The molecule has 1 amide bonds. The maximum Gasteiger partial charge on any atom is 0.236 e. The summed E-state index contributed by atoms with van der Waals surface area (Å²) in [6, 6.07) is 17.5. The zero-order valence-electron chi connectivity index (χ0n) is 17.0. The Morgan fingerprint density at radius 3 is 2.37 bits per heavy atom. The maximum atomic E-state index is 12.7. The molecule has 1 saturated heterocycles. The molecule has 0 saturated carbocycles. The van der Waals surface area contributed by atoms with Crippen LogP contribution in [0.4, 0.5) is 5.69 Å². The van der Waals surface area contributed by atoms with Gasteiger partial charge in [0, 0.05) is 56.8 Å². The zero-order chi connectivity index (χ0) is 21.0. The molecule has 2 heterocycles. The van der Waals surface area contributed by atoms with Crippen LogP contribution in [0.15, 0.2) is 60.0 Å². The van der Waals surface area contributed by atoms with Gasteiger partial charge in [-0.2, -0.15) is 4.31 Å². The van der Waals surface area contributed by atoms with Gasteiger partial charge >= 0.3 is 0 Å². The highest BCUT2D eigenvalue weighted by Crippen LogP contribution is 2.27. The summed E-state index contributed by atoms with van der Waals surface area (Å²) in [6.07, 6.45) is 3.00. The summed E-state index contributed by atoms with van der Waals surface area (Å²) in [5.74, 6) is 0.140. The summed E-state index contributed by atoms with van der Waals surface area (Å²) >= 11 is 0. The summed E-state index contributed by atoms with van der Waals surface area (Å²) < 4.78 is 26.7. The van der Waals surface area contributed by atoms with Crippen molar-refractivity contribution in [2.75, 3.05) is 44.2 Å². The number of carbonyl (C=O) groups excluding carboxylic acids is 1. The molecule has 0 atom stereocenters. The first kappa shape index (κ1) is 20.8. The van der Waals surface area contributed by atoms with E-state index in [9.17, 15) is 13.2 Å². The Kier molecular flexibility index (Phi) is 6.32. The number of hydrogen-bond donors (Lipinski definition) is 0. The van der Waals surface area contributed by atoms with Crippen LogP contribution in [-0.4, -0.2) is 62.8 Å². The second kappa shape index (κ2) is 9.12. The number of hydrogen-bond acceptors (Lipinski definition) is 4. The minimum Gasteiger partial charge on any atom is -0.312 e. The lowest BCUT2D eigenvalue weighted by atomic mass is 10.2. The fourth-order valence-corrected chi connectivity index (χ4v) is 5.18. The van der Waals surface area contributed by atoms with Gasteiger partial charge in [-0.3, -0.25) is 4.79 Å². The van der Waals surface area contributed by atoms with Crippen LogP contribution in [0, 0.1) is 0 Å². The first-order valence-corrected chi connectivity index (χ1v) is 11.9. The first-order valence-electron chi connectivity index (χ1n) is 10.4. The van der Waals surface area contributed by atoms with E-state index in [1.165, 1.54) is 15.3 Å². The third-order valence-corrected chi connectivity index (χ3v) is 7.32. The molecule has 2 aliphatic heterocycles. The van der Waals surface area contributed by atoms with E-state index >= 15 is 0 Å². The van der Waals surface area contributed by atoms with E-state index in [1.807, 2.05) is 53.4 Å². The first-order chi connectivity index (χ1) is 14.5. The van der Waals surface area contributed by atoms with Crippen LogP contribution in [0.5, 0.6) is 0 Å². The van der Waals surface area contributed by atoms with Crippen LogP contribution >= 0.6 is 0 Å². The molecule has 0 radical (unpaired) electrons. The topological polar surface area (TPSA) is 60.9 Å². The lowest BCUT2D eigenvalue weighted by Crippen LogP contribution is -2.48. The fraction of sp³-hybridized carbons (Fsp3) is 0.348. The van der Waals surface area contributed by atoms with Crippen LogP contribution in [-0.2, 0) is 21.2 Å². The van der Waals surface area contributed by atoms with Gasteiger partial charge in [0.2, 0.25) is 15.9 Å². The van der Waals surface area contributed by atoms with Crippen LogP contribution < -0.4 is 4.90 Å². The van der Waals surface area contributed by atoms with E-state index in [1.54, 1.807) is 6.08 Å². The van der Waals surface area contributed by atoms with Crippen molar-refractivity contribution >= 4 is 27.7 Å². The highest BCUT2D eigenvalue weighted by Gasteiger charge is 2.27. The molecule has 0 unspecified atom stereocenters. The number of para-hydroxylation sites is 1. The summed E-state index contributed by atoms with van der Waals surface area (Å²) in [4.78, 5) is 16.7. The zero-order valence-corrected chi connectivity index (χ0v) is 17.8. The Labute approximate surface area is 178 Å². The standard InChI is InChI=1S/C23H27N3O3S/c27-23(26-14-10-21-8-4-5-9-22(21)26)11-13-24-15-17-25(18-16-24)30(28,29)19-12-20-6-2-1-3-7-20/h1-9,12,19H,10-11,13-18H2/b19-12+. The molecule has 0 bridgehead atoms. The van der Waals surface area contributed by atoms with Gasteiger partial charge in [0.05, 0.1) is 0 Å². The Hall–Kier alpha value is -2.48. The monoisotopic (exact) mass is 425 g/mol. The van der Waals surface area contributed by atoms with E-state index in [0.29, 0.717) is 39.1 Å². The molecule has 0 aromatic heterocycles. The maximum absolute atomic E-state index is 12.7. The second-order valence-electron chi connectivity index (χ2n) is 7.67. The highest BCUT2D eigenvalue weighted by molar-refractivity contribution is 7.92. The number of benzene rings is 2. The minimum atomic E-state index is -3.43. The molecule has 0 aliphatic carbocycles. The molecular weight excluding hydrogens is 398 g/mol. The molecule has 1 fully saturated rings. The van der Waals surface area contributed by atoms with Crippen molar-refractivity contribution in [1.29, 1.82) is 0 Å². The van der Waals surface area contributed by atoms with E-state index in [4.69, 9.17) is 0 Å². The lowest BCUT2D eigenvalue weighted by molar-refractivity contribution is -0.118. The number of anilines is 1. The minimum absolute atomic E-state index is 0.140. The number of carbonyl (C=O) groups is 1. The van der Waals surface area contributed by atoms with Crippen LogP contribution in [0.3, 0.4) is 0 Å². The molecule has 4 rings (SSSR count). The number of amides is 1. The van der Waals surface area contributed by atoms with Gasteiger partial charge in [0.15, 0.2) is 0 Å². The number of piperazine rings is 1. The molecule has 158 valence electrons. The van der Waals surface area contributed by atoms with E-state index in [-0.39, 0.29) is 5.91 Å². The quantitative estimate of drug-likeness (QED) is 0.714. The molecule has 30 heavy (non-hydrogen) atoms. The van der Waals surface area contributed by atoms with Gasteiger partial charge in [-0.05, 0) is 29.7 Å². The molecule has 7 heteroatoms. The third-order valence-electron chi connectivity index (χ3n) is 5.75. The normalized spacial score (nSPS) is 18.1. The van der Waals surface area contributed by atoms with Crippen molar-refractivity contribution in [3.05, 3.63) is 71.1 Å². The summed E-state index contributed by atoms with van der Waals surface area (Å²) in [5, 5.41) is 1.28. The van der Waals surface area contributed by atoms with Crippen molar-refractivity contribution < 1.29 is 13.2 Å². The van der Waals surface area contributed by atoms with Gasteiger partial charge < -0.3 is 9.80 Å². The van der Waals surface area contributed by atoms with Gasteiger partial charge in [0.1, 0.15) is 0 Å². The average molecular weight is 426 g/mol. The predicted molar refractivity (Wildman–Crippen MR) is 120 cm³/mol. The smallest absolute Gasteiger partial charge is 0.236 e. The van der Waals surface area contributed by atoms with Crippen LogP contribution in [0.25, 0.3) is 6.08 Å². The Bertz CT molecular complexity index is 1010. The van der Waals surface area contributed by atoms with Gasteiger partial charge in [-0.1, -0.05) is 48.5 Å². The third kappa shape index (κ3) is 4.80. The summed E-state index contributed by atoms with van der Waals surface area (Å²) in [6.45, 7) is 3.58. The molecule has 2 aromatic carbocycles. The fourth-order valence-electron chi connectivity index (χ4n) is 4.01. The largest absolute Gasteiger partial charge is 0.312 e. The summed E-state index contributed by atoms with van der Waals surface area (Å²) in [7, 11) is -3.43. The summed E-state index contributed by atoms with van der Waals surface area (Å²) in [5.41, 5.74) is 3.12. The van der Waals surface area contributed by atoms with E-state index < -0.39 is 10.0 Å². The van der Waals surface area contributed by atoms with E-state index in [0.717, 1.165) is 24.2 Å². The van der Waals surface area contributed by atoms with Gasteiger partial charge in [-0.25, -0.2) is 8.42 Å². The molecule has 0 spiro atoms. The SMILES string of the molecule is O=C(CCN1CCN(S(=O)(=O)/C=C/c2ccccc2)CC1)N1CCc2ccccc21.